The highest BCUT2D eigenvalue weighted by Gasteiger charge is 2.33. The number of ether oxygens (including phenoxy) is 3. The van der Waals surface area contributed by atoms with Gasteiger partial charge in [-0.25, -0.2) is 9.18 Å². The SMILES string of the molecule is COc1cc2c(c(F)c1OC)C(=N)N(CC(=O)c1ccc(OC(=O)N3CCCC3)c(C(C)(C)C)c1)C2. The summed E-state index contributed by atoms with van der Waals surface area (Å²) in [4.78, 5) is 29.0. The van der Waals surface area contributed by atoms with E-state index < -0.39 is 5.82 Å². The first-order valence-corrected chi connectivity index (χ1v) is 12.0. The number of halogens is 1. The van der Waals surface area contributed by atoms with Crippen LogP contribution in [0.4, 0.5) is 9.18 Å². The summed E-state index contributed by atoms with van der Waals surface area (Å²) < 4.78 is 31.1. The van der Waals surface area contributed by atoms with Crippen LogP contribution in [-0.4, -0.2) is 61.4 Å². The van der Waals surface area contributed by atoms with Crippen molar-refractivity contribution in [2.45, 2.75) is 45.6 Å². The van der Waals surface area contributed by atoms with E-state index in [1.54, 1.807) is 29.2 Å². The standard InChI is InChI=1S/C27H32FN3O5/c1-27(2,3)18-12-16(8-9-20(18)36-26(33)30-10-6-7-11-30)19(32)15-31-14-17-13-21(34-4)24(35-5)23(28)22(17)25(31)29/h8-9,12-13,29H,6-7,10-11,14-15H2,1-5H3. The maximum absolute atomic E-state index is 15.0. The Hall–Kier alpha value is -3.62. The zero-order chi connectivity index (χ0) is 26.2. The fraction of sp³-hybridized carbons (Fsp3) is 0.444. The van der Waals surface area contributed by atoms with Gasteiger partial charge in [0.25, 0.3) is 0 Å². The second kappa shape index (κ2) is 9.79. The zero-order valence-electron chi connectivity index (χ0n) is 21.4. The molecule has 0 atom stereocenters. The Kier molecular flexibility index (Phi) is 6.93. The number of carbonyl (C=O) groups excluding carboxylic acids is 2. The number of amidine groups is 1. The minimum atomic E-state index is -0.675. The number of likely N-dealkylation sites (tertiary alicyclic amines) is 1. The van der Waals surface area contributed by atoms with E-state index in [1.807, 2.05) is 20.8 Å². The smallest absolute Gasteiger partial charge is 0.415 e. The van der Waals surface area contributed by atoms with Gasteiger partial charge in [0.1, 0.15) is 11.6 Å². The van der Waals surface area contributed by atoms with E-state index >= 15 is 4.39 Å². The van der Waals surface area contributed by atoms with Crippen LogP contribution in [0.25, 0.3) is 0 Å². The number of nitrogens with one attached hydrogen (secondary N) is 1. The Morgan fingerprint density at radius 3 is 2.36 bits per heavy atom. The molecule has 9 heteroatoms. The van der Waals surface area contributed by atoms with Gasteiger partial charge in [0, 0.05) is 30.8 Å². The number of hydrogen-bond donors (Lipinski definition) is 1. The molecule has 2 aliphatic heterocycles. The van der Waals surface area contributed by atoms with E-state index in [1.165, 1.54) is 19.1 Å². The van der Waals surface area contributed by atoms with Gasteiger partial charge in [-0.05, 0) is 48.1 Å². The molecule has 2 aromatic carbocycles. The second-order valence-corrected chi connectivity index (χ2v) is 10.1. The van der Waals surface area contributed by atoms with Gasteiger partial charge < -0.3 is 24.0 Å². The third kappa shape index (κ3) is 4.74. The molecule has 192 valence electrons. The molecule has 0 aliphatic carbocycles. The number of nitrogens with zero attached hydrogens (tertiary/aromatic N) is 2. The monoisotopic (exact) mass is 497 g/mol. The summed E-state index contributed by atoms with van der Waals surface area (Å²) in [5, 5.41) is 8.49. The van der Waals surface area contributed by atoms with E-state index in [2.05, 4.69) is 0 Å². The van der Waals surface area contributed by atoms with Crippen LogP contribution in [0.2, 0.25) is 0 Å². The molecule has 2 aromatic rings. The summed E-state index contributed by atoms with van der Waals surface area (Å²) in [7, 11) is 2.76. The van der Waals surface area contributed by atoms with Gasteiger partial charge in [0.05, 0.1) is 26.3 Å². The van der Waals surface area contributed by atoms with Gasteiger partial charge in [-0.3, -0.25) is 10.2 Å². The first-order valence-electron chi connectivity index (χ1n) is 12.0. The summed E-state index contributed by atoms with van der Waals surface area (Å²) in [5.41, 5.74) is 1.45. The largest absolute Gasteiger partial charge is 0.493 e. The Balaban J connectivity index is 1.55. The molecule has 1 fully saturated rings. The fourth-order valence-electron chi connectivity index (χ4n) is 4.66. The molecule has 0 saturated carbocycles. The molecule has 1 N–H and O–H groups in total. The lowest BCUT2D eigenvalue weighted by molar-refractivity contribution is 0.0962. The van der Waals surface area contributed by atoms with Crippen molar-refractivity contribution in [1.82, 2.24) is 9.80 Å². The van der Waals surface area contributed by atoms with Crippen molar-refractivity contribution in [3.63, 3.8) is 0 Å². The van der Waals surface area contributed by atoms with Crippen LogP contribution < -0.4 is 14.2 Å². The first kappa shape index (κ1) is 25.5. The molecule has 8 nitrogen and oxygen atoms in total. The van der Waals surface area contributed by atoms with Crippen LogP contribution in [0.3, 0.4) is 0 Å². The highest BCUT2D eigenvalue weighted by atomic mass is 19.1. The molecule has 2 aliphatic rings. The predicted molar refractivity (Wildman–Crippen MR) is 133 cm³/mol. The molecule has 0 radical (unpaired) electrons. The van der Waals surface area contributed by atoms with Crippen molar-refractivity contribution in [3.05, 3.63) is 52.3 Å². The Morgan fingerprint density at radius 2 is 1.75 bits per heavy atom. The van der Waals surface area contributed by atoms with E-state index in [0.29, 0.717) is 30.0 Å². The third-order valence-electron chi connectivity index (χ3n) is 6.61. The van der Waals surface area contributed by atoms with E-state index in [-0.39, 0.29) is 53.3 Å². The fourth-order valence-corrected chi connectivity index (χ4v) is 4.66. The molecule has 1 saturated heterocycles. The topological polar surface area (TPSA) is 92.2 Å². The minimum Gasteiger partial charge on any atom is -0.493 e. The summed E-state index contributed by atoms with van der Waals surface area (Å²) in [6.07, 6.45) is 1.55. The maximum Gasteiger partial charge on any atom is 0.415 e. The van der Waals surface area contributed by atoms with Crippen molar-refractivity contribution < 1.29 is 28.2 Å². The number of benzene rings is 2. The molecule has 0 spiro atoms. The highest BCUT2D eigenvalue weighted by Crippen LogP contribution is 2.39. The number of ketones is 1. The zero-order valence-corrected chi connectivity index (χ0v) is 21.4. The molecule has 0 bridgehead atoms. The average Bonchev–Trinajstić information content (AvgIpc) is 3.47. The molecular weight excluding hydrogens is 465 g/mol. The summed E-state index contributed by atoms with van der Waals surface area (Å²) in [6, 6.07) is 6.66. The van der Waals surface area contributed by atoms with Crippen LogP contribution >= 0.6 is 0 Å². The summed E-state index contributed by atoms with van der Waals surface area (Å²) in [5.74, 6) is -0.380. The van der Waals surface area contributed by atoms with Crippen LogP contribution in [0.15, 0.2) is 24.3 Å². The number of Topliss-reactive ketones (excluding diaryl/α,β-unsaturated/α-hetero) is 1. The van der Waals surface area contributed by atoms with Crippen LogP contribution in [0.1, 0.15) is 60.7 Å². The van der Waals surface area contributed by atoms with Crippen LogP contribution in [0.5, 0.6) is 17.2 Å². The average molecular weight is 498 g/mol. The first-order chi connectivity index (χ1) is 17.0. The van der Waals surface area contributed by atoms with Crippen molar-refractivity contribution >= 4 is 17.7 Å². The number of methoxy groups -OCH3 is 2. The van der Waals surface area contributed by atoms with Crippen molar-refractivity contribution in [2.75, 3.05) is 33.9 Å². The van der Waals surface area contributed by atoms with Gasteiger partial charge >= 0.3 is 6.09 Å². The molecule has 0 unspecified atom stereocenters. The Morgan fingerprint density at radius 1 is 1.06 bits per heavy atom. The number of hydrogen-bond acceptors (Lipinski definition) is 6. The normalized spacial score (nSPS) is 15.2. The van der Waals surface area contributed by atoms with Gasteiger partial charge in [0.2, 0.25) is 0 Å². The molecule has 36 heavy (non-hydrogen) atoms. The lowest BCUT2D eigenvalue weighted by Gasteiger charge is -2.25. The number of fused-ring (bicyclic) bond motifs is 1. The molecule has 2 heterocycles. The van der Waals surface area contributed by atoms with Crippen molar-refractivity contribution in [1.29, 1.82) is 5.41 Å². The lowest BCUT2D eigenvalue weighted by atomic mass is 9.85. The lowest BCUT2D eigenvalue weighted by Crippen LogP contribution is -2.32. The second-order valence-electron chi connectivity index (χ2n) is 10.1. The highest BCUT2D eigenvalue weighted by molar-refractivity contribution is 6.06. The third-order valence-corrected chi connectivity index (χ3v) is 6.61. The van der Waals surface area contributed by atoms with Gasteiger partial charge in [-0.15, -0.1) is 0 Å². The molecule has 1 amide bonds. The number of carbonyl (C=O) groups is 2. The van der Waals surface area contributed by atoms with Gasteiger partial charge in [0.15, 0.2) is 23.1 Å². The number of rotatable bonds is 6. The van der Waals surface area contributed by atoms with Crippen LogP contribution in [0, 0.1) is 11.2 Å². The Labute approximate surface area is 210 Å². The van der Waals surface area contributed by atoms with Gasteiger partial charge in [-0.2, -0.15) is 0 Å². The maximum atomic E-state index is 15.0. The summed E-state index contributed by atoms with van der Waals surface area (Å²) >= 11 is 0. The molecule has 4 rings (SSSR count). The van der Waals surface area contributed by atoms with E-state index in [0.717, 1.165) is 18.4 Å². The molecule has 0 aromatic heterocycles. The summed E-state index contributed by atoms with van der Waals surface area (Å²) in [6.45, 7) is 7.43. The molecular formula is C27H32FN3O5. The van der Waals surface area contributed by atoms with Crippen LogP contribution in [-0.2, 0) is 12.0 Å². The quantitative estimate of drug-likeness (QED) is 0.579. The van der Waals surface area contributed by atoms with Gasteiger partial charge in [-0.1, -0.05) is 20.8 Å². The minimum absolute atomic E-state index is 0.0666. The van der Waals surface area contributed by atoms with E-state index in [9.17, 15) is 9.59 Å². The number of amides is 1. The Bertz CT molecular complexity index is 1210. The van der Waals surface area contributed by atoms with Crippen molar-refractivity contribution in [2.24, 2.45) is 0 Å². The predicted octanol–water partition coefficient (Wildman–Crippen LogP) is 4.76. The van der Waals surface area contributed by atoms with E-state index in [4.69, 9.17) is 19.6 Å². The van der Waals surface area contributed by atoms with Crippen molar-refractivity contribution in [3.8, 4) is 17.2 Å².